The number of hydrogen-bond acceptors (Lipinski definition) is 4. The zero-order chi connectivity index (χ0) is 15.9. The highest BCUT2D eigenvalue weighted by Crippen LogP contribution is 2.17. The zero-order valence-electron chi connectivity index (χ0n) is 13.7. The van der Waals surface area contributed by atoms with Crippen LogP contribution in [-0.2, 0) is 11.3 Å². The molecule has 5 nitrogen and oxygen atoms in total. The highest BCUT2D eigenvalue weighted by Gasteiger charge is 2.23. The number of carbonyl (C=O) groups excluding carboxylic acids is 1. The summed E-state index contributed by atoms with van der Waals surface area (Å²) in [5, 5.41) is 5.09. The fourth-order valence-corrected chi connectivity index (χ4v) is 3.09. The first kappa shape index (κ1) is 17.2. The lowest BCUT2D eigenvalue weighted by molar-refractivity contribution is 0.0794. The Bertz CT molecular complexity index is 444. The number of urea groups is 1. The number of thiophene rings is 1. The van der Waals surface area contributed by atoms with Crippen molar-refractivity contribution < 1.29 is 9.53 Å². The van der Waals surface area contributed by atoms with Gasteiger partial charge in [0.05, 0.1) is 12.6 Å². The standard InChI is InChI=1S/C16H27N3O2S/c1-13(18(2)3)10-17-16(20)19(11-14-6-4-8-21-14)12-15-7-5-9-22-15/h5,7,9,13-14H,4,6,8,10-12H2,1-3H3,(H,17,20)/t13-,14+/m1/s1. The van der Waals surface area contributed by atoms with E-state index in [1.165, 1.54) is 4.88 Å². The lowest BCUT2D eigenvalue weighted by Gasteiger charge is -2.27. The van der Waals surface area contributed by atoms with Gasteiger partial charge >= 0.3 is 6.03 Å². The maximum absolute atomic E-state index is 12.5. The number of nitrogens with zero attached hydrogens (tertiary/aromatic N) is 2. The molecule has 0 bridgehead atoms. The lowest BCUT2D eigenvalue weighted by atomic mass is 10.2. The van der Waals surface area contributed by atoms with Crippen LogP contribution in [0.4, 0.5) is 4.79 Å². The number of likely N-dealkylation sites (N-methyl/N-ethyl adjacent to an activating group) is 1. The van der Waals surface area contributed by atoms with Crippen LogP contribution in [0.3, 0.4) is 0 Å². The third-order valence-corrected chi connectivity index (χ3v) is 4.95. The van der Waals surface area contributed by atoms with Crippen LogP contribution in [0.2, 0.25) is 0 Å². The molecule has 22 heavy (non-hydrogen) atoms. The Kier molecular flexibility index (Phi) is 6.67. The first-order chi connectivity index (χ1) is 10.6. The maximum Gasteiger partial charge on any atom is 0.317 e. The van der Waals surface area contributed by atoms with Crippen molar-refractivity contribution in [2.75, 3.05) is 33.8 Å². The molecule has 1 aliphatic rings. The fourth-order valence-electron chi connectivity index (χ4n) is 2.37. The molecular weight excluding hydrogens is 298 g/mol. The van der Waals surface area contributed by atoms with E-state index in [1.54, 1.807) is 11.3 Å². The molecule has 124 valence electrons. The second kappa shape index (κ2) is 8.50. The van der Waals surface area contributed by atoms with Gasteiger partial charge in [-0.2, -0.15) is 0 Å². The Morgan fingerprint density at radius 1 is 1.55 bits per heavy atom. The second-order valence-electron chi connectivity index (χ2n) is 6.09. The monoisotopic (exact) mass is 325 g/mol. The van der Waals surface area contributed by atoms with Gasteiger partial charge < -0.3 is 19.9 Å². The molecule has 0 aliphatic carbocycles. The normalized spacial score (nSPS) is 19.4. The fraction of sp³-hybridized carbons (Fsp3) is 0.688. The summed E-state index contributed by atoms with van der Waals surface area (Å²) < 4.78 is 5.69. The largest absolute Gasteiger partial charge is 0.376 e. The Hall–Kier alpha value is -1.11. The van der Waals surface area contributed by atoms with Gasteiger partial charge in [-0.1, -0.05) is 6.07 Å². The summed E-state index contributed by atoms with van der Waals surface area (Å²) in [6.45, 7) is 4.89. The molecule has 2 amide bonds. The van der Waals surface area contributed by atoms with Crippen LogP contribution in [0.15, 0.2) is 17.5 Å². The number of carbonyl (C=O) groups is 1. The molecule has 0 radical (unpaired) electrons. The van der Waals surface area contributed by atoms with Crippen molar-refractivity contribution in [1.82, 2.24) is 15.1 Å². The van der Waals surface area contributed by atoms with Gasteiger partial charge in [0, 0.05) is 30.6 Å². The Morgan fingerprint density at radius 2 is 2.36 bits per heavy atom. The topological polar surface area (TPSA) is 44.8 Å². The number of hydrogen-bond donors (Lipinski definition) is 1. The minimum absolute atomic E-state index is 0.00222. The summed E-state index contributed by atoms with van der Waals surface area (Å²) in [6.07, 6.45) is 2.32. The van der Waals surface area contributed by atoms with E-state index in [2.05, 4.69) is 23.2 Å². The lowest BCUT2D eigenvalue weighted by Crippen LogP contribution is -2.46. The second-order valence-corrected chi connectivity index (χ2v) is 7.13. The summed E-state index contributed by atoms with van der Waals surface area (Å²) in [7, 11) is 4.04. The van der Waals surface area contributed by atoms with E-state index >= 15 is 0 Å². The van der Waals surface area contributed by atoms with Crippen molar-refractivity contribution in [2.45, 2.75) is 38.5 Å². The summed E-state index contributed by atoms with van der Waals surface area (Å²) >= 11 is 1.69. The van der Waals surface area contributed by atoms with Gasteiger partial charge in [0.15, 0.2) is 0 Å². The quantitative estimate of drug-likeness (QED) is 0.837. The summed E-state index contributed by atoms with van der Waals surface area (Å²) in [5.74, 6) is 0. The Balaban J connectivity index is 1.91. The Labute approximate surface area is 137 Å². The number of nitrogens with one attached hydrogen (secondary N) is 1. The van der Waals surface area contributed by atoms with Gasteiger partial charge in [-0.25, -0.2) is 4.79 Å². The zero-order valence-corrected chi connectivity index (χ0v) is 14.6. The summed E-state index contributed by atoms with van der Waals surface area (Å²) in [4.78, 5) is 17.7. The van der Waals surface area contributed by atoms with Crippen LogP contribution in [0.1, 0.15) is 24.6 Å². The minimum atomic E-state index is -0.00222. The molecule has 0 unspecified atom stereocenters. The molecule has 0 spiro atoms. The third kappa shape index (κ3) is 5.26. The van der Waals surface area contributed by atoms with Crippen molar-refractivity contribution in [1.29, 1.82) is 0 Å². The molecule has 1 aromatic rings. The van der Waals surface area contributed by atoms with Crippen molar-refractivity contribution in [3.8, 4) is 0 Å². The molecule has 0 saturated carbocycles. The molecule has 0 aromatic carbocycles. The maximum atomic E-state index is 12.5. The molecular formula is C16H27N3O2S. The highest BCUT2D eigenvalue weighted by atomic mass is 32.1. The van der Waals surface area contributed by atoms with Crippen LogP contribution in [-0.4, -0.2) is 61.8 Å². The van der Waals surface area contributed by atoms with Gasteiger partial charge in [0.2, 0.25) is 0 Å². The van der Waals surface area contributed by atoms with Gasteiger partial charge in [-0.15, -0.1) is 11.3 Å². The number of amides is 2. The average Bonchev–Trinajstić information content (AvgIpc) is 3.17. The van der Waals surface area contributed by atoms with Gasteiger partial charge in [-0.05, 0) is 45.3 Å². The van der Waals surface area contributed by atoms with E-state index in [0.717, 1.165) is 19.4 Å². The van der Waals surface area contributed by atoms with Crippen molar-refractivity contribution in [2.24, 2.45) is 0 Å². The first-order valence-corrected chi connectivity index (χ1v) is 8.77. The number of ether oxygens (including phenoxy) is 1. The SMILES string of the molecule is C[C@H](CNC(=O)N(Cc1cccs1)C[C@@H]1CCCO1)N(C)C. The minimum Gasteiger partial charge on any atom is -0.376 e. The molecule has 2 atom stereocenters. The van der Waals surface area contributed by atoms with E-state index < -0.39 is 0 Å². The number of rotatable bonds is 7. The van der Waals surface area contributed by atoms with Crippen LogP contribution < -0.4 is 5.32 Å². The van der Waals surface area contributed by atoms with Gasteiger partial charge in [-0.3, -0.25) is 0 Å². The van der Waals surface area contributed by atoms with E-state index in [0.29, 0.717) is 25.7 Å². The molecule has 1 fully saturated rings. The third-order valence-electron chi connectivity index (χ3n) is 4.09. The molecule has 2 heterocycles. The molecule has 2 rings (SSSR count). The first-order valence-electron chi connectivity index (χ1n) is 7.89. The molecule has 6 heteroatoms. The smallest absolute Gasteiger partial charge is 0.317 e. The molecule has 1 aromatic heterocycles. The van der Waals surface area contributed by atoms with E-state index in [1.807, 2.05) is 30.4 Å². The van der Waals surface area contributed by atoms with E-state index in [4.69, 9.17) is 4.74 Å². The van der Waals surface area contributed by atoms with Gasteiger partial charge in [0.25, 0.3) is 0 Å². The summed E-state index contributed by atoms with van der Waals surface area (Å²) in [5.41, 5.74) is 0. The van der Waals surface area contributed by atoms with Crippen molar-refractivity contribution >= 4 is 17.4 Å². The predicted molar refractivity (Wildman–Crippen MR) is 90.3 cm³/mol. The molecule has 1 aliphatic heterocycles. The van der Waals surface area contributed by atoms with Crippen LogP contribution in [0, 0.1) is 0 Å². The molecule has 1 saturated heterocycles. The van der Waals surface area contributed by atoms with Crippen molar-refractivity contribution in [3.05, 3.63) is 22.4 Å². The predicted octanol–water partition coefficient (Wildman–Crippen LogP) is 2.39. The molecule has 1 N–H and O–H groups in total. The van der Waals surface area contributed by atoms with E-state index in [-0.39, 0.29) is 12.1 Å². The Morgan fingerprint density at radius 3 is 2.95 bits per heavy atom. The average molecular weight is 325 g/mol. The van der Waals surface area contributed by atoms with Gasteiger partial charge in [0.1, 0.15) is 0 Å². The van der Waals surface area contributed by atoms with Crippen LogP contribution in [0.5, 0.6) is 0 Å². The van der Waals surface area contributed by atoms with Crippen molar-refractivity contribution in [3.63, 3.8) is 0 Å². The van der Waals surface area contributed by atoms with Crippen LogP contribution >= 0.6 is 11.3 Å². The van der Waals surface area contributed by atoms with E-state index in [9.17, 15) is 4.79 Å². The van der Waals surface area contributed by atoms with Crippen LogP contribution in [0.25, 0.3) is 0 Å². The highest BCUT2D eigenvalue weighted by molar-refractivity contribution is 7.09. The summed E-state index contributed by atoms with van der Waals surface area (Å²) in [6, 6.07) is 4.41.